The molecule has 12 nitrogen and oxygen atoms in total. The second-order valence-electron chi connectivity index (χ2n) is 14.0. The zero-order valence-corrected chi connectivity index (χ0v) is 35.4. The van der Waals surface area contributed by atoms with Gasteiger partial charge in [-0.2, -0.15) is 8.42 Å². The van der Waals surface area contributed by atoms with Gasteiger partial charge in [0.2, 0.25) is 0 Å². The minimum absolute atomic E-state index is 0.0514. The van der Waals surface area contributed by atoms with Crippen LogP contribution in [-0.4, -0.2) is 96.0 Å². The van der Waals surface area contributed by atoms with E-state index in [2.05, 4.69) is 44.2 Å². The van der Waals surface area contributed by atoms with Gasteiger partial charge in [0.05, 0.1) is 6.61 Å². The van der Waals surface area contributed by atoms with Gasteiger partial charge in [0, 0.05) is 12.8 Å². The van der Waals surface area contributed by atoms with Crippen molar-refractivity contribution >= 4 is 22.1 Å². The fraction of sp³-hybridized carbons (Fsp3) is 0.600. The van der Waals surface area contributed by atoms with Crippen LogP contribution < -0.4 is 0 Å². The molecule has 1 rings (SSSR count). The summed E-state index contributed by atoms with van der Waals surface area (Å²) in [6.45, 7) is 3.47. The summed E-state index contributed by atoms with van der Waals surface area (Å²) in [4.78, 5) is 25.3. The standard InChI is InChI=1S/C45H70O12S/c1-3-5-7-9-11-13-15-17-18-19-20-22-23-25-27-29-31-33-40(46)54-35-38(36-55-45-44(50)43(49)42(48)39(57-45)37-58(51,52)53)56-41(47)34-32-30-28-26-24-21-16-14-12-10-8-6-4-2/h6,8,10,12,14,16-18,20-22,24-28,38-39,42-45,48-50H,3-5,7,9,11,13,15,19,23,29-37H2,1-2H3,(H,51,52,53)/b8-6+,12-10+,16-14+,18-17+,22-20+,24-21+,27-25+,28-26+/t38?,39-,42-,43?,44?,45+/m1/s1. The highest BCUT2D eigenvalue weighted by atomic mass is 32.2. The van der Waals surface area contributed by atoms with Crippen molar-refractivity contribution in [3.8, 4) is 0 Å². The Kier molecular flexibility index (Phi) is 31.2. The van der Waals surface area contributed by atoms with Crippen LogP contribution in [0.1, 0.15) is 117 Å². The Labute approximate surface area is 347 Å². The maximum absolute atomic E-state index is 12.7. The van der Waals surface area contributed by atoms with E-state index in [1.54, 1.807) is 0 Å². The zero-order valence-electron chi connectivity index (χ0n) is 34.6. The van der Waals surface area contributed by atoms with Crippen LogP contribution in [0.4, 0.5) is 0 Å². The molecule has 0 aromatic carbocycles. The number of unbranched alkanes of at least 4 members (excludes halogenated alkanes) is 8. The molecular weight excluding hydrogens is 765 g/mol. The SMILES string of the molecule is CC/C=C/C=C/C=C/C=C/C=C/CCCC(=O)OC(COC(=O)CCC/C=C/C/C=C/C/C=C/CCCCCCCC)CO[C@H]1O[C@H](CS(=O)(=O)O)[C@@H](O)C(O)C1O. The number of aliphatic hydroxyl groups is 3. The van der Waals surface area contributed by atoms with Crippen LogP contribution >= 0.6 is 0 Å². The fourth-order valence-electron chi connectivity index (χ4n) is 5.54. The van der Waals surface area contributed by atoms with Crippen LogP contribution in [0, 0.1) is 0 Å². The number of rotatable bonds is 32. The van der Waals surface area contributed by atoms with Crippen molar-refractivity contribution in [3.05, 3.63) is 97.2 Å². The lowest BCUT2D eigenvalue weighted by Crippen LogP contribution is -2.60. The highest BCUT2D eigenvalue weighted by Gasteiger charge is 2.46. The van der Waals surface area contributed by atoms with Gasteiger partial charge in [-0.3, -0.25) is 14.1 Å². The predicted molar refractivity (Wildman–Crippen MR) is 228 cm³/mol. The molecule has 0 aromatic rings. The second kappa shape index (κ2) is 34.4. The van der Waals surface area contributed by atoms with Crippen molar-refractivity contribution in [2.24, 2.45) is 0 Å². The van der Waals surface area contributed by atoms with Crippen molar-refractivity contribution in [1.82, 2.24) is 0 Å². The van der Waals surface area contributed by atoms with E-state index in [1.807, 2.05) is 66.8 Å². The number of esters is 2. The van der Waals surface area contributed by atoms with E-state index in [4.69, 9.17) is 18.9 Å². The Balaban J connectivity index is 2.58. The lowest BCUT2D eigenvalue weighted by atomic mass is 10.00. The molecule has 1 heterocycles. The molecule has 58 heavy (non-hydrogen) atoms. The van der Waals surface area contributed by atoms with Crippen molar-refractivity contribution in [3.63, 3.8) is 0 Å². The third-order valence-electron chi connectivity index (χ3n) is 8.78. The first-order chi connectivity index (χ1) is 28.0. The van der Waals surface area contributed by atoms with E-state index in [1.165, 1.54) is 38.5 Å². The van der Waals surface area contributed by atoms with Crippen LogP contribution in [-0.2, 0) is 38.7 Å². The molecule has 0 saturated carbocycles. The molecule has 0 aromatic heterocycles. The number of hydrogen-bond donors (Lipinski definition) is 4. The smallest absolute Gasteiger partial charge is 0.306 e. The molecule has 0 radical (unpaired) electrons. The van der Waals surface area contributed by atoms with Gasteiger partial charge in [-0.1, -0.05) is 143 Å². The lowest BCUT2D eigenvalue weighted by Gasteiger charge is -2.40. The summed E-state index contributed by atoms with van der Waals surface area (Å²) in [7, 11) is -4.62. The van der Waals surface area contributed by atoms with Crippen molar-refractivity contribution in [2.75, 3.05) is 19.0 Å². The average Bonchev–Trinajstić information content (AvgIpc) is 3.18. The minimum atomic E-state index is -4.62. The summed E-state index contributed by atoms with van der Waals surface area (Å²) < 4.78 is 53.8. The summed E-state index contributed by atoms with van der Waals surface area (Å²) in [5.74, 6) is -2.17. The maximum atomic E-state index is 12.7. The van der Waals surface area contributed by atoms with Crippen molar-refractivity contribution in [1.29, 1.82) is 0 Å². The molecule has 1 aliphatic heterocycles. The highest BCUT2D eigenvalue weighted by Crippen LogP contribution is 2.23. The molecular formula is C45H70O12S. The Morgan fingerprint density at radius 2 is 1.16 bits per heavy atom. The number of carbonyl (C=O) groups excluding carboxylic acids is 2. The van der Waals surface area contributed by atoms with E-state index in [-0.39, 0.29) is 19.4 Å². The zero-order chi connectivity index (χ0) is 42.7. The Hall–Kier alpha value is -3.43. The molecule has 0 amide bonds. The molecule has 1 saturated heterocycles. The van der Waals surface area contributed by atoms with Crippen molar-refractivity contribution < 1.29 is 56.8 Å². The average molecular weight is 835 g/mol. The van der Waals surface area contributed by atoms with E-state index in [9.17, 15) is 37.9 Å². The number of allylic oxidation sites excluding steroid dienone is 16. The third-order valence-corrected chi connectivity index (χ3v) is 9.53. The number of ether oxygens (including phenoxy) is 4. The topological polar surface area (TPSA) is 186 Å². The third kappa shape index (κ3) is 28.9. The van der Waals surface area contributed by atoms with E-state index >= 15 is 0 Å². The number of aliphatic hydroxyl groups excluding tert-OH is 3. The summed E-state index contributed by atoms with van der Waals surface area (Å²) in [6.07, 6.45) is 36.2. The van der Waals surface area contributed by atoms with E-state index in [0.717, 1.165) is 25.7 Å². The summed E-state index contributed by atoms with van der Waals surface area (Å²) >= 11 is 0. The lowest BCUT2D eigenvalue weighted by molar-refractivity contribution is -0.297. The summed E-state index contributed by atoms with van der Waals surface area (Å²) in [5, 5.41) is 30.8. The van der Waals surface area contributed by atoms with Crippen LogP contribution in [0.3, 0.4) is 0 Å². The first kappa shape index (κ1) is 52.6. The van der Waals surface area contributed by atoms with Gasteiger partial charge in [0.15, 0.2) is 12.4 Å². The normalized spacial score (nSPS) is 21.4. The number of carbonyl (C=O) groups is 2. The molecule has 4 N–H and O–H groups in total. The quantitative estimate of drug-likeness (QED) is 0.0169. The van der Waals surface area contributed by atoms with Crippen LogP contribution in [0.2, 0.25) is 0 Å². The van der Waals surface area contributed by atoms with Gasteiger partial charge < -0.3 is 34.3 Å². The van der Waals surface area contributed by atoms with Gasteiger partial charge in [0.1, 0.15) is 36.8 Å². The van der Waals surface area contributed by atoms with Gasteiger partial charge in [-0.25, -0.2) is 0 Å². The molecule has 6 atom stereocenters. The first-order valence-electron chi connectivity index (χ1n) is 20.9. The van der Waals surface area contributed by atoms with E-state index in [0.29, 0.717) is 25.7 Å². The van der Waals surface area contributed by atoms with Crippen LogP contribution in [0.5, 0.6) is 0 Å². The van der Waals surface area contributed by atoms with Gasteiger partial charge >= 0.3 is 11.9 Å². The van der Waals surface area contributed by atoms with Gasteiger partial charge in [-0.15, -0.1) is 0 Å². The van der Waals surface area contributed by atoms with Gasteiger partial charge in [-0.05, 0) is 57.8 Å². The second-order valence-corrected chi connectivity index (χ2v) is 15.5. The molecule has 13 heteroatoms. The molecule has 0 aliphatic carbocycles. The maximum Gasteiger partial charge on any atom is 0.306 e. The Morgan fingerprint density at radius 1 is 0.621 bits per heavy atom. The first-order valence-corrected chi connectivity index (χ1v) is 22.5. The van der Waals surface area contributed by atoms with Gasteiger partial charge in [0.25, 0.3) is 10.1 Å². The fourth-order valence-corrected chi connectivity index (χ4v) is 6.23. The van der Waals surface area contributed by atoms with Crippen LogP contribution in [0.15, 0.2) is 97.2 Å². The molecule has 1 aliphatic rings. The molecule has 0 spiro atoms. The molecule has 1 fully saturated rings. The van der Waals surface area contributed by atoms with E-state index < -0.39 is 71.2 Å². The summed E-state index contributed by atoms with van der Waals surface area (Å²) in [5.41, 5.74) is 0. The molecule has 328 valence electrons. The monoisotopic (exact) mass is 834 g/mol. The molecule has 3 unspecified atom stereocenters. The number of hydrogen-bond acceptors (Lipinski definition) is 11. The Morgan fingerprint density at radius 3 is 1.78 bits per heavy atom. The minimum Gasteiger partial charge on any atom is -0.462 e. The summed E-state index contributed by atoms with van der Waals surface area (Å²) in [6, 6.07) is 0. The predicted octanol–water partition coefficient (Wildman–Crippen LogP) is 7.88. The van der Waals surface area contributed by atoms with Crippen molar-refractivity contribution in [2.45, 2.75) is 153 Å². The largest absolute Gasteiger partial charge is 0.462 e. The molecule has 0 bridgehead atoms. The Bertz CT molecular complexity index is 1440. The highest BCUT2D eigenvalue weighted by molar-refractivity contribution is 7.85. The van der Waals surface area contributed by atoms with Crippen LogP contribution in [0.25, 0.3) is 0 Å².